The van der Waals surface area contributed by atoms with Crippen LogP contribution in [0.15, 0.2) is 21.1 Å². The summed E-state index contributed by atoms with van der Waals surface area (Å²) in [7, 11) is 0. The zero-order valence-electron chi connectivity index (χ0n) is 5.99. The van der Waals surface area contributed by atoms with Crippen molar-refractivity contribution in [1.82, 2.24) is 0 Å². The van der Waals surface area contributed by atoms with Crippen LogP contribution < -0.4 is 11.3 Å². The topological polar surface area (TPSA) is 38.0 Å². The largest absolute Gasteiger partial charge is 0.324 e. The van der Waals surface area contributed by atoms with Crippen molar-refractivity contribution in [3.05, 3.63) is 26.6 Å². The maximum atomic E-state index is 5.25. The van der Waals surface area contributed by atoms with Gasteiger partial charge in [-0.1, -0.05) is 31.9 Å². The summed E-state index contributed by atoms with van der Waals surface area (Å²) >= 11 is 6.82. The molecule has 0 bridgehead atoms. The van der Waals surface area contributed by atoms with Crippen LogP contribution in [-0.4, -0.2) is 0 Å². The molecule has 1 rings (SSSR count). The van der Waals surface area contributed by atoms with Gasteiger partial charge >= 0.3 is 0 Å². The number of hydrogen-bond acceptors (Lipinski definition) is 2. The van der Waals surface area contributed by atoms with Crippen molar-refractivity contribution in [1.29, 1.82) is 0 Å². The number of nitrogens with one attached hydrogen (secondary N) is 1. The predicted molar refractivity (Wildman–Crippen MR) is 54.4 cm³/mol. The second kappa shape index (κ2) is 3.56. The molecule has 0 radical (unpaired) electrons. The number of halogens is 2. The fourth-order valence-electron chi connectivity index (χ4n) is 0.729. The Labute approximate surface area is 82.4 Å². The molecule has 0 spiro atoms. The highest BCUT2D eigenvalue weighted by Gasteiger charge is 2.01. The van der Waals surface area contributed by atoms with E-state index in [1.165, 1.54) is 5.56 Å². The molecule has 1 aromatic carbocycles. The molecule has 0 heterocycles. The van der Waals surface area contributed by atoms with Gasteiger partial charge in [0.25, 0.3) is 0 Å². The van der Waals surface area contributed by atoms with Crippen LogP contribution in [0.2, 0.25) is 0 Å². The molecule has 0 fully saturated rings. The van der Waals surface area contributed by atoms with E-state index in [0.717, 1.165) is 14.6 Å². The van der Waals surface area contributed by atoms with Crippen LogP contribution in [0.1, 0.15) is 5.56 Å². The van der Waals surface area contributed by atoms with Crippen LogP contribution in [0, 0.1) is 6.92 Å². The van der Waals surface area contributed by atoms with Crippen LogP contribution in [0.3, 0.4) is 0 Å². The monoisotopic (exact) mass is 278 g/mol. The van der Waals surface area contributed by atoms with Crippen molar-refractivity contribution >= 4 is 37.5 Å². The number of nitrogens with two attached hydrogens (primary N) is 1. The van der Waals surface area contributed by atoms with E-state index in [-0.39, 0.29) is 0 Å². The van der Waals surface area contributed by atoms with Gasteiger partial charge < -0.3 is 5.43 Å². The molecular weight excluding hydrogens is 272 g/mol. The van der Waals surface area contributed by atoms with Crippen molar-refractivity contribution in [2.45, 2.75) is 6.92 Å². The van der Waals surface area contributed by atoms with E-state index in [1.807, 2.05) is 19.1 Å². The van der Waals surface area contributed by atoms with Gasteiger partial charge in [0.1, 0.15) is 0 Å². The van der Waals surface area contributed by atoms with Crippen LogP contribution >= 0.6 is 31.9 Å². The SMILES string of the molecule is Cc1c(Br)cc(NN)cc1Br. The minimum Gasteiger partial charge on any atom is -0.324 e. The molecule has 2 nitrogen and oxygen atoms in total. The van der Waals surface area contributed by atoms with Gasteiger partial charge in [0.2, 0.25) is 0 Å². The lowest BCUT2D eigenvalue weighted by atomic mass is 10.2. The van der Waals surface area contributed by atoms with E-state index in [0.29, 0.717) is 0 Å². The highest BCUT2D eigenvalue weighted by molar-refractivity contribution is 9.11. The van der Waals surface area contributed by atoms with Crippen molar-refractivity contribution in [2.24, 2.45) is 5.84 Å². The summed E-state index contributed by atoms with van der Waals surface area (Å²) < 4.78 is 2.08. The summed E-state index contributed by atoms with van der Waals surface area (Å²) in [6, 6.07) is 3.86. The average Bonchev–Trinajstić information content (AvgIpc) is 1.99. The standard InChI is InChI=1S/C7H8Br2N2/c1-4-6(8)2-5(11-10)3-7(4)9/h2-3,11H,10H2,1H3. The number of nitrogen functional groups attached to an aromatic ring is 1. The van der Waals surface area contributed by atoms with Crippen molar-refractivity contribution < 1.29 is 0 Å². The maximum Gasteiger partial charge on any atom is 0.0507 e. The smallest absolute Gasteiger partial charge is 0.0507 e. The Morgan fingerprint density at radius 1 is 1.27 bits per heavy atom. The van der Waals surface area contributed by atoms with E-state index < -0.39 is 0 Å². The summed E-state index contributed by atoms with van der Waals surface area (Å²) in [6.07, 6.45) is 0. The average molecular weight is 280 g/mol. The Bertz CT molecular complexity index is 250. The Kier molecular flexibility index (Phi) is 2.92. The minimum atomic E-state index is 0.884. The van der Waals surface area contributed by atoms with Crippen LogP contribution in [0.4, 0.5) is 5.69 Å². The van der Waals surface area contributed by atoms with Crippen LogP contribution in [0.25, 0.3) is 0 Å². The van der Waals surface area contributed by atoms with Gasteiger partial charge in [-0.2, -0.15) is 0 Å². The van der Waals surface area contributed by atoms with Gasteiger partial charge in [0, 0.05) is 8.95 Å². The molecule has 0 amide bonds. The molecule has 60 valence electrons. The van der Waals surface area contributed by atoms with E-state index >= 15 is 0 Å². The Hall–Kier alpha value is -0.0600. The fraction of sp³-hybridized carbons (Fsp3) is 0.143. The first-order valence-corrected chi connectivity index (χ1v) is 4.66. The first-order valence-electron chi connectivity index (χ1n) is 3.07. The lowest BCUT2D eigenvalue weighted by molar-refractivity contribution is 1.31. The molecule has 0 saturated heterocycles. The van der Waals surface area contributed by atoms with Gasteiger partial charge in [-0.3, -0.25) is 5.84 Å². The summed E-state index contributed by atoms with van der Waals surface area (Å²) in [5.41, 5.74) is 4.63. The number of anilines is 1. The quantitative estimate of drug-likeness (QED) is 0.613. The van der Waals surface area contributed by atoms with Gasteiger partial charge in [-0.25, -0.2) is 0 Å². The predicted octanol–water partition coefficient (Wildman–Crippen LogP) is 2.81. The van der Waals surface area contributed by atoms with E-state index in [2.05, 4.69) is 37.3 Å². The number of benzene rings is 1. The first kappa shape index (κ1) is 9.03. The molecule has 3 N–H and O–H groups in total. The lowest BCUT2D eigenvalue weighted by Gasteiger charge is -2.05. The fourth-order valence-corrected chi connectivity index (χ4v) is 1.92. The van der Waals surface area contributed by atoms with Crippen molar-refractivity contribution in [3.63, 3.8) is 0 Å². The van der Waals surface area contributed by atoms with Gasteiger partial charge in [-0.05, 0) is 24.6 Å². The summed E-state index contributed by atoms with van der Waals surface area (Å²) in [6.45, 7) is 2.02. The van der Waals surface area contributed by atoms with Crippen LogP contribution in [0.5, 0.6) is 0 Å². The summed E-state index contributed by atoms with van der Waals surface area (Å²) in [5.74, 6) is 5.25. The molecule has 0 aromatic heterocycles. The van der Waals surface area contributed by atoms with Crippen LogP contribution in [-0.2, 0) is 0 Å². The van der Waals surface area contributed by atoms with E-state index in [9.17, 15) is 0 Å². The first-order chi connectivity index (χ1) is 5.15. The molecular formula is C7H8Br2N2. The molecule has 0 saturated carbocycles. The highest BCUT2D eigenvalue weighted by atomic mass is 79.9. The minimum absolute atomic E-state index is 0.884. The lowest BCUT2D eigenvalue weighted by Crippen LogP contribution is -2.06. The Morgan fingerprint density at radius 2 is 1.73 bits per heavy atom. The van der Waals surface area contributed by atoms with Crippen molar-refractivity contribution in [3.8, 4) is 0 Å². The molecule has 11 heavy (non-hydrogen) atoms. The Morgan fingerprint density at radius 3 is 2.09 bits per heavy atom. The zero-order valence-corrected chi connectivity index (χ0v) is 9.16. The summed E-state index contributed by atoms with van der Waals surface area (Å²) in [4.78, 5) is 0. The van der Waals surface area contributed by atoms with Gasteiger partial charge in [0.05, 0.1) is 5.69 Å². The van der Waals surface area contributed by atoms with Crippen molar-refractivity contribution in [2.75, 3.05) is 5.43 Å². The molecule has 4 heteroatoms. The third kappa shape index (κ3) is 1.95. The van der Waals surface area contributed by atoms with Gasteiger partial charge in [0.15, 0.2) is 0 Å². The maximum absolute atomic E-state index is 5.25. The third-order valence-electron chi connectivity index (χ3n) is 1.45. The Balaban J connectivity index is 3.21. The second-order valence-electron chi connectivity index (χ2n) is 2.21. The molecule has 0 aliphatic carbocycles. The molecule has 0 aliphatic heterocycles. The zero-order chi connectivity index (χ0) is 8.43. The van der Waals surface area contributed by atoms with E-state index in [4.69, 9.17) is 5.84 Å². The normalized spacial score (nSPS) is 9.82. The van der Waals surface area contributed by atoms with E-state index in [1.54, 1.807) is 0 Å². The van der Waals surface area contributed by atoms with Gasteiger partial charge in [-0.15, -0.1) is 0 Å². The molecule has 0 aliphatic rings. The number of hydrogen-bond donors (Lipinski definition) is 2. The summed E-state index contributed by atoms with van der Waals surface area (Å²) in [5, 5.41) is 0. The molecule has 0 atom stereocenters. The molecule has 1 aromatic rings. The number of rotatable bonds is 1. The molecule has 0 unspecified atom stereocenters. The highest BCUT2D eigenvalue weighted by Crippen LogP contribution is 2.28. The number of hydrazine groups is 1. The second-order valence-corrected chi connectivity index (χ2v) is 3.92. The third-order valence-corrected chi connectivity index (χ3v) is 3.09.